The number of hydrogen-bond acceptors (Lipinski definition) is 4. The Kier molecular flexibility index (Phi) is 7.01. The van der Waals surface area contributed by atoms with Gasteiger partial charge in [-0.2, -0.15) is 0 Å². The molecular formula is C16H24N2O4. The smallest absolute Gasteiger partial charge is 0.251 e. The first-order chi connectivity index (χ1) is 10.3. The SMILES string of the molecule is COCCOCC(=O)Nc1ccc(C(=O)NC(C)(C)C)cc1. The average molecular weight is 308 g/mol. The first kappa shape index (κ1) is 18.1. The Morgan fingerprint density at radius 2 is 1.73 bits per heavy atom. The third-order valence-corrected chi connectivity index (χ3v) is 2.58. The van der Waals surface area contributed by atoms with Crippen molar-refractivity contribution in [3.05, 3.63) is 29.8 Å². The molecule has 0 aliphatic rings. The highest BCUT2D eigenvalue weighted by Gasteiger charge is 2.15. The Bertz CT molecular complexity index is 492. The summed E-state index contributed by atoms with van der Waals surface area (Å²) in [4.78, 5) is 23.6. The zero-order chi connectivity index (χ0) is 16.6. The zero-order valence-corrected chi connectivity index (χ0v) is 13.6. The molecule has 0 aliphatic heterocycles. The number of ether oxygens (including phenoxy) is 2. The molecule has 0 saturated heterocycles. The number of amides is 2. The second-order valence-electron chi connectivity index (χ2n) is 5.88. The van der Waals surface area contributed by atoms with Crippen LogP contribution in [0.15, 0.2) is 24.3 Å². The Balaban J connectivity index is 2.47. The maximum absolute atomic E-state index is 12.0. The highest BCUT2D eigenvalue weighted by molar-refractivity contribution is 5.96. The number of rotatable bonds is 7. The number of carbonyl (C=O) groups excluding carboxylic acids is 2. The van der Waals surface area contributed by atoms with Crippen LogP contribution in [-0.2, 0) is 14.3 Å². The van der Waals surface area contributed by atoms with Crippen molar-refractivity contribution in [2.75, 3.05) is 32.2 Å². The number of hydrogen-bond donors (Lipinski definition) is 2. The zero-order valence-electron chi connectivity index (χ0n) is 13.6. The summed E-state index contributed by atoms with van der Waals surface area (Å²) in [5.74, 6) is -0.392. The van der Waals surface area contributed by atoms with Crippen LogP contribution in [0.4, 0.5) is 5.69 Å². The second-order valence-corrected chi connectivity index (χ2v) is 5.88. The molecule has 2 N–H and O–H groups in total. The summed E-state index contributed by atoms with van der Waals surface area (Å²) in [5, 5.41) is 5.57. The topological polar surface area (TPSA) is 76.7 Å². The lowest BCUT2D eigenvalue weighted by Gasteiger charge is -2.20. The maximum atomic E-state index is 12.0. The fraction of sp³-hybridized carbons (Fsp3) is 0.500. The third-order valence-electron chi connectivity index (χ3n) is 2.58. The van der Waals surface area contributed by atoms with E-state index < -0.39 is 0 Å². The van der Waals surface area contributed by atoms with Gasteiger partial charge in [-0.15, -0.1) is 0 Å². The van der Waals surface area contributed by atoms with Gasteiger partial charge in [0.2, 0.25) is 5.91 Å². The molecule has 1 aromatic carbocycles. The second kappa shape index (κ2) is 8.51. The number of nitrogens with one attached hydrogen (secondary N) is 2. The molecule has 0 aliphatic carbocycles. The average Bonchev–Trinajstić information content (AvgIpc) is 2.42. The van der Waals surface area contributed by atoms with Gasteiger partial charge in [-0.3, -0.25) is 9.59 Å². The molecule has 122 valence electrons. The van der Waals surface area contributed by atoms with Crippen LogP contribution < -0.4 is 10.6 Å². The molecule has 0 fully saturated rings. The quantitative estimate of drug-likeness (QED) is 0.753. The Hall–Kier alpha value is -1.92. The molecule has 0 radical (unpaired) electrons. The van der Waals surface area contributed by atoms with E-state index in [1.54, 1.807) is 31.4 Å². The summed E-state index contributed by atoms with van der Waals surface area (Å²) in [6.45, 7) is 6.55. The normalized spacial score (nSPS) is 11.1. The van der Waals surface area contributed by atoms with Gasteiger partial charge in [-0.25, -0.2) is 0 Å². The molecule has 0 aromatic heterocycles. The van der Waals surface area contributed by atoms with Crippen molar-refractivity contribution < 1.29 is 19.1 Å². The number of anilines is 1. The van der Waals surface area contributed by atoms with E-state index >= 15 is 0 Å². The van der Waals surface area contributed by atoms with Gasteiger partial charge in [0.15, 0.2) is 0 Å². The third kappa shape index (κ3) is 7.19. The first-order valence-electron chi connectivity index (χ1n) is 7.11. The van der Waals surface area contributed by atoms with E-state index in [0.717, 1.165) is 0 Å². The van der Waals surface area contributed by atoms with Crippen LogP contribution in [0.5, 0.6) is 0 Å². The van der Waals surface area contributed by atoms with Gasteiger partial charge in [0.1, 0.15) is 6.61 Å². The predicted octanol–water partition coefficient (Wildman–Crippen LogP) is 1.82. The molecule has 0 bridgehead atoms. The standard InChI is InChI=1S/C16H24N2O4/c1-16(2,3)18-15(20)12-5-7-13(8-6-12)17-14(19)11-22-10-9-21-4/h5-8H,9-11H2,1-4H3,(H,17,19)(H,18,20). The van der Waals surface area contributed by atoms with Crippen molar-refractivity contribution in [3.63, 3.8) is 0 Å². The molecule has 0 saturated carbocycles. The summed E-state index contributed by atoms with van der Waals surface area (Å²) >= 11 is 0. The number of methoxy groups -OCH3 is 1. The molecule has 0 spiro atoms. The Labute approximate surface area is 131 Å². The van der Waals surface area contributed by atoms with Gasteiger partial charge >= 0.3 is 0 Å². The van der Waals surface area contributed by atoms with Gasteiger partial charge in [-0.05, 0) is 45.0 Å². The van der Waals surface area contributed by atoms with E-state index in [-0.39, 0.29) is 24.0 Å². The van der Waals surface area contributed by atoms with E-state index in [4.69, 9.17) is 9.47 Å². The lowest BCUT2D eigenvalue weighted by atomic mass is 10.1. The van der Waals surface area contributed by atoms with Crippen molar-refractivity contribution >= 4 is 17.5 Å². The number of benzene rings is 1. The van der Waals surface area contributed by atoms with E-state index in [1.807, 2.05) is 20.8 Å². The molecule has 0 unspecified atom stereocenters. The summed E-state index contributed by atoms with van der Waals surface area (Å²) in [6.07, 6.45) is 0. The molecule has 6 heteroatoms. The van der Waals surface area contributed by atoms with Gasteiger partial charge in [0.05, 0.1) is 13.2 Å². The van der Waals surface area contributed by atoms with E-state index in [0.29, 0.717) is 24.5 Å². The van der Waals surface area contributed by atoms with Crippen molar-refractivity contribution in [3.8, 4) is 0 Å². The minimum absolute atomic E-state index is 0.0321. The maximum Gasteiger partial charge on any atom is 0.251 e. The lowest BCUT2D eigenvalue weighted by Crippen LogP contribution is -2.40. The summed E-state index contributed by atoms with van der Waals surface area (Å²) in [5.41, 5.74) is 0.876. The molecule has 2 amide bonds. The van der Waals surface area contributed by atoms with Gasteiger partial charge in [0.25, 0.3) is 5.91 Å². The van der Waals surface area contributed by atoms with Crippen LogP contribution in [0, 0.1) is 0 Å². The molecule has 6 nitrogen and oxygen atoms in total. The van der Waals surface area contributed by atoms with Crippen LogP contribution in [0.3, 0.4) is 0 Å². The molecule has 1 aromatic rings. The van der Waals surface area contributed by atoms with Crippen LogP contribution in [0.2, 0.25) is 0 Å². The summed E-state index contributed by atoms with van der Waals surface area (Å²) in [7, 11) is 1.57. The first-order valence-corrected chi connectivity index (χ1v) is 7.11. The van der Waals surface area contributed by atoms with E-state index in [1.165, 1.54) is 0 Å². The fourth-order valence-electron chi connectivity index (χ4n) is 1.62. The van der Waals surface area contributed by atoms with E-state index in [9.17, 15) is 9.59 Å². The van der Waals surface area contributed by atoms with Crippen LogP contribution >= 0.6 is 0 Å². The molecule has 22 heavy (non-hydrogen) atoms. The minimum atomic E-state index is -0.288. The summed E-state index contributed by atoms with van der Waals surface area (Å²) in [6, 6.07) is 6.71. The van der Waals surface area contributed by atoms with Crippen LogP contribution in [-0.4, -0.2) is 44.3 Å². The minimum Gasteiger partial charge on any atom is -0.382 e. The van der Waals surface area contributed by atoms with Crippen molar-refractivity contribution in [1.29, 1.82) is 0 Å². The molecule has 0 heterocycles. The van der Waals surface area contributed by atoms with Crippen molar-refractivity contribution in [1.82, 2.24) is 5.32 Å². The Morgan fingerprint density at radius 1 is 1.09 bits per heavy atom. The highest BCUT2D eigenvalue weighted by atomic mass is 16.5. The number of carbonyl (C=O) groups is 2. The van der Waals surface area contributed by atoms with Crippen molar-refractivity contribution in [2.24, 2.45) is 0 Å². The lowest BCUT2D eigenvalue weighted by molar-refractivity contribution is -0.121. The van der Waals surface area contributed by atoms with Gasteiger partial charge in [-0.1, -0.05) is 0 Å². The summed E-state index contributed by atoms with van der Waals surface area (Å²) < 4.78 is 9.94. The fourth-order valence-corrected chi connectivity index (χ4v) is 1.62. The highest BCUT2D eigenvalue weighted by Crippen LogP contribution is 2.11. The molecule has 1 rings (SSSR count). The van der Waals surface area contributed by atoms with Crippen molar-refractivity contribution in [2.45, 2.75) is 26.3 Å². The molecular weight excluding hydrogens is 284 g/mol. The van der Waals surface area contributed by atoms with Gasteiger partial charge in [0, 0.05) is 23.9 Å². The molecule has 0 atom stereocenters. The monoisotopic (exact) mass is 308 g/mol. The predicted molar refractivity (Wildman–Crippen MR) is 85.0 cm³/mol. The van der Waals surface area contributed by atoms with Gasteiger partial charge < -0.3 is 20.1 Å². The van der Waals surface area contributed by atoms with Crippen LogP contribution in [0.25, 0.3) is 0 Å². The Morgan fingerprint density at radius 3 is 2.27 bits per heavy atom. The van der Waals surface area contributed by atoms with E-state index in [2.05, 4.69) is 10.6 Å². The van der Waals surface area contributed by atoms with Crippen LogP contribution in [0.1, 0.15) is 31.1 Å². The largest absolute Gasteiger partial charge is 0.382 e.